The van der Waals surface area contributed by atoms with Gasteiger partial charge in [-0.3, -0.25) is 9.79 Å². The van der Waals surface area contributed by atoms with Crippen LogP contribution in [0.25, 0.3) is 0 Å². The molecular weight excluding hydrogens is 719 g/mol. The van der Waals surface area contributed by atoms with E-state index in [0.717, 1.165) is 84.5 Å². The third kappa shape index (κ3) is 6.76. The summed E-state index contributed by atoms with van der Waals surface area (Å²) in [6.07, 6.45) is 7.51. The van der Waals surface area contributed by atoms with E-state index in [1.165, 1.54) is 5.57 Å². The molecule has 3 aliphatic heterocycles. The Balaban J connectivity index is 1.34. The van der Waals surface area contributed by atoms with Crippen LogP contribution in [0.1, 0.15) is 93.6 Å². The van der Waals surface area contributed by atoms with E-state index in [4.69, 9.17) is 10.7 Å². The van der Waals surface area contributed by atoms with Crippen molar-refractivity contribution in [2.24, 2.45) is 51.1 Å². The Labute approximate surface area is 319 Å². The van der Waals surface area contributed by atoms with E-state index in [2.05, 4.69) is 24.4 Å². The molecule has 3 heterocycles. The molecule has 1 aromatic rings. The van der Waals surface area contributed by atoms with Crippen LogP contribution in [0.3, 0.4) is 0 Å². The van der Waals surface area contributed by atoms with Gasteiger partial charge in [0, 0.05) is 54.8 Å². The fourth-order valence-corrected chi connectivity index (χ4v) is 17.5. The van der Waals surface area contributed by atoms with Crippen molar-refractivity contribution < 1.29 is 25.2 Å². The standard InChI is InChI=1S/C39H57N3O5S4/c1-3-33(46)35-24-6-7-25(19-44)26(12-24)13-29-18-41-36(40)42-38(29)16-23(21-49-51-35)11-30-32-15-28-14-27(20-45)31(5-4-9-43)39(32,17-34(30)47)37(28,2)8-10-48-50-22-38/h6-7,12,23,27-29,31,33,35,43-46H,3-5,8-11,13-22H2,1-2H3,(H3,40,41,42)/t23-,27+,28+,29+,31+,33-,35+,37-,38+,39-/m0/s1. The maximum Gasteiger partial charge on any atom is 0.189 e. The number of nitrogens with zero attached hydrogens (tertiary/aromatic N) is 1. The summed E-state index contributed by atoms with van der Waals surface area (Å²) in [5.74, 6) is 4.58. The summed E-state index contributed by atoms with van der Waals surface area (Å²) in [6.45, 7) is 5.33. The number of carbonyl (C=O) groups is 1. The molecular formula is C39H57N3O5S4. The SMILES string of the molecule is CC[C@H](O)[C@@H]1SSC[C@H]2CC3=C4C[C@H]5C[C@H](CO)[C@@H](CCCO)[C@]4(CC3=O)[C@@]5(C)CCSSC[C@@]3(C2)NC(N)=NC[C@H]3Cc2cc1ccc2CO. The van der Waals surface area contributed by atoms with Crippen molar-refractivity contribution in [2.45, 2.75) is 102 Å². The van der Waals surface area contributed by atoms with Crippen molar-refractivity contribution in [1.29, 1.82) is 0 Å². The molecule has 12 heteroatoms. The lowest BCUT2D eigenvalue weighted by molar-refractivity contribution is -0.125. The van der Waals surface area contributed by atoms with Crippen LogP contribution in [0, 0.1) is 40.4 Å². The molecule has 10 atom stereocenters. The number of fused-ring (bicyclic) bond motifs is 3. The molecule has 9 bridgehead atoms. The monoisotopic (exact) mass is 775 g/mol. The number of rotatable bonds is 7. The van der Waals surface area contributed by atoms with Gasteiger partial charge in [0.15, 0.2) is 11.7 Å². The first-order valence-electron chi connectivity index (χ1n) is 19.1. The number of carbonyl (C=O) groups excluding carboxylic acids is 1. The van der Waals surface area contributed by atoms with Crippen LogP contribution in [-0.2, 0) is 17.8 Å². The van der Waals surface area contributed by atoms with Crippen molar-refractivity contribution in [2.75, 3.05) is 37.0 Å². The number of aliphatic imine (C=N–C) groups is 1. The van der Waals surface area contributed by atoms with Gasteiger partial charge in [0.05, 0.1) is 23.5 Å². The van der Waals surface area contributed by atoms with Gasteiger partial charge in [-0.2, -0.15) is 0 Å². The highest BCUT2D eigenvalue weighted by Crippen LogP contribution is 2.75. The minimum atomic E-state index is -0.501. The first-order valence-corrected chi connectivity index (χ1v) is 24.0. The van der Waals surface area contributed by atoms with E-state index in [0.29, 0.717) is 43.5 Å². The average Bonchev–Trinajstić information content (AvgIpc) is 3.45. The molecule has 51 heavy (non-hydrogen) atoms. The van der Waals surface area contributed by atoms with E-state index in [1.54, 1.807) is 10.8 Å². The van der Waals surface area contributed by atoms with Crippen molar-refractivity contribution in [3.63, 3.8) is 0 Å². The largest absolute Gasteiger partial charge is 0.396 e. The van der Waals surface area contributed by atoms with Crippen molar-refractivity contribution in [3.8, 4) is 0 Å². The maximum absolute atomic E-state index is 14.6. The van der Waals surface area contributed by atoms with Gasteiger partial charge in [0.25, 0.3) is 0 Å². The minimum absolute atomic E-state index is 0.0272. The Morgan fingerprint density at radius 1 is 1.12 bits per heavy atom. The maximum atomic E-state index is 14.6. The summed E-state index contributed by atoms with van der Waals surface area (Å²) in [5, 5.41) is 46.1. The molecule has 0 unspecified atom stereocenters. The van der Waals surface area contributed by atoms with Gasteiger partial charge >= 0.3 is 0 Å². The predicted molar refractivity (Wildman–Crippen MR) is 214 cm³/mol. The lowest BCUT2D eigenvalue weighted by Crippen LogP contribution is -2.62. The van der Waals surface area contributed by atoms with Crippen molar-refractivity contribution in [3.05, 3.63) is 46.0 Å². The van der Waals surface area contributed by atoms with E-state index in [9.17, 15) is 25.2 Å². The molecule has 0 amide bonds. The molecule has 7 rings (SSSR count). The number of aliphatic hydroxyl groups excluding tert-OH is 4. The van der Waals surface area contributed by atoms with Crippen molar-refractivity contribution in [1.82, 2.24) is 5.32 Å². The molecule has 7 N–H and O–H groups in total. The second-order valence-corrected chi connectivity index (χ2v) is 21.6. The van der Waals surface area contributed by atoms with E-state index in [-0.39, 0.29) is 65.1 Å². The lowest BCUT2D eigenvalue weighted by atomic mass is 9.47. The van der Waals surface area contributed by atoms with E-state index in [1.807, 2.05) is 45.4 Å². The number of hydrogen-bond donors (Lipinski definition) is 6. The topological polar surface area (TPSA) is 148 Å². The van der Waals surface area contributed by atoms with Crippen LogP contribution in [0.5, 0.6) is 0 Å². The summed E-state index contributed by atoms with van der Waals surface area (Å²) in [6, 6.07) is 6.32. The van der Waals surface area contributed by atoms with Crippen LogP contribution in [-0.4, -0.2) is 80.8 Å². The first-order chi connectivity index (χ1) is 24.6. The zero-order chi connectivity index (χ0) is 36.0. The number of allylic oxidation sites excluding steroid dienone is 2. The van der Waals surface area contributed by atoms with Crippen molar-refractivity contribution >= 4 is 54.9 Å². The Hall–Kier alpha value is -0.860. The number of hydrogen-bond acceptors (Lipinski definition) is 12. The second kappa shape index (κ2) is 15.7. The third-order valence-corrected chi connectivity index (χ3v) is 19.6. The fraction of sp³-hybridized carbons (Fsp3) is 0.744. The molecule has 282 valence electrons. The highest BCUT2D eigenvalue weighted by Gasteiger charge is 2.69. The Morgan fingerprint density at radius 3 is 2.73 bits per heavy atom. The van der Waals surface area contributed by atoms with Gasteiger partial charge < -0.3 is 31.5 Å². The predicted octanol–water partition coefficient (Wildman–Crippen LogP) is 6.07. The van der Waals surface area contributed by atoms with Crippen LogP contribution in [0.15, 0.2) is 34.3 Å². The summed E-state index contributed by atoms with van der Waals surface area (Å²) >= 11 is 0. The number of benzene rings is 1. The van der Waals surface area contributed by atoms with Gasteiger partial charge in [-0.05, 0) is 109 Å². The Kier molecular flexibility index (Phi) is 11.8. The Morgan fingerprint density at radius 2 is 1.96 bits per heavy atom. The van der Waals surface area contributed by atoms with Crippen LogP contribution in [0.4, 0.5) is 0 Å². The normalized spacial score (nSPS) is 38.9. The summed E-state index contributed by atoms with van der Waals surface area (Å²) in [4.78, 5) is 19.3. The summed E-state index contributed by atoms with van der Waals surface area (Å²) in [7, 11) is 7.44. The zero-order valence-corrected chi connectivity index (χ0v) is 33.4. The molecule has 0 radical (unpaired) electrons. The zero-order valence-electron chi connectivity index (χ0n) is 30.1. The van der Waals surface area contributed by atoms with Gasteiger partial charge in [-0.1, -0.05) is 80.8 Å². The summed E-state index contributed by atoms with van der Waals surface area (Å²) < 4.78 is 0. The van der Waals surface area contributed by atoms with E-state index < -0.39 is 6.10 Å². The quantitative estimate of drug-likeness (QED) is 0.180. The molecule has 6 aliphatic rings. The minimum Gasteiger partial charge on any atom is -0.396 e. The molecule has 1 aromatic carbocycles. The fourth-order valence-electron chi connectivity index (χ4n) is 11.4. The first kappa shape index (κ1) is 38.4. The second-order valence-electron chi connectivity index (χ2n) is 16.5. The lowest BCUT2D eigenvalue weighted by Gasteiger charge is -2.57. The molecule has 0 aromatic heterocycles. The van der Waals surface area contributed by atoms with Gasteiger partial charge in [0.1, 0.15) is 0 Å². The van der Waals surface area contributed by atoms with E-state index >= 15 is 0 Å². The highest BCUT2D eigenvalue weighted by molar-refractivity contribution is 8.77. The molecule has 2 fully saturated rings. The number of nitrogens with two attached hydrogens (primary N) is 1. The van der Waals surface area contributed by atoms with Gasteiger partial charge in [-0.15, -0.1) is 0 Å². The van der Waals surface area contributed by atoms with Crippen LogP contribution in [0.2, 0.25) is 0 Å². The molecule has 2 spiro atoms. The third-order valence-electron chi connectivity index (χ3n) is 14.1. The van der Waals surface area contributed by atoms with Gasteiger partial charge in [-0.25, -0.2) is 0 Å². The molecule has 3 aliphatic carbocycles. The van der Waals surface area contributed by atoms with Crippen LogP contribution >= 0.6 is 43.2 Å². The smallest absolute Gasteiger partial charge is 0.189 e. The summed E-state index contributed by atoms with van der Waals surface area (Å²) in [5.41, 5.74) is 11.5. The van der Waals surface area contributed by atoms with Gasteiger partial charge in [0.2, 0.25) is 0 Å². The average molecular weight is 776 g/mol. The number of guanidine groups is 1. The highest BCUT2D eigenvalue weighted by atomic mass is 33.1. The molecule has 2 saturated carbocycles. The number of Topliss-reactive ketones (excluding diaryl/α,β-unsaturated/α-hetero) is 1. The molecule has 8 nitrogen and oxygen atoms in total. The Bertz CT molecular complexity index is 1530. The molecule has 0 saturated heterocycles. The number of nitrogens with one attached hydrogen (secondary N) is 1. The number of aliphatic hydroxyl groups is 4. The number of ketones is 1. The van der Waals surface area contributed by atoms with Crippen LogP contribution < -0.4 is 11.1 Å².